The largest absolute Gasteiger partial charge is 0.490 e. The van der Waals surface area contributed by atoms with Crippen LogP contribution in [0, 0.1) is 11.3 Å². The molecule has 1 N–H and O–H groups in total. The molecule has 1 aliphatic heterocycles. The molecule has 1 aliphatic carbocycles. The van der Waals surface area contributed by atoms with Gasteiger partial charge >= 0.3 is 12.6 Å². The number of benzene rings is 1. The first kappa shape index (κ1) is 17.9. The normalized spacial score (nSPS) is 26.0. The molecule has 1 heterocycles. The molecule has 1 aromatic rings. The molecule has 0 unspecified atom stereocenters. The average molecular weight is 355 g/mol. The van der Waals surface area contributed by atoms with Crippen LogP contribution in [0.25, 0.3) is 0 Å². The molecule has 1 aromatic carbocycles. The minimum atomic E-state index is -2.90. The van der Waals surface area contributed by atoms with E-state index in [1.165, 1.54) is 6.07 Å². The van der Waals surface area contributed by atoms with Gasteiger partial charge in [-0.2, -0.15) is 8.78 Å². The highest BCUT2D eigenvalue weighted by molar-refractivity contribution is 5.76. The lowest BCUT2D eigenvalue weighted by Crippen LogP contribution is -2.35. The van der Waals surface area contributed by atoms with Crippen molar-refractivity contribution in [3.05, 3.63) is 23.8 Å². The molecular formula is C18H23F2NO4. The van der Waals surface area contributed by atoms with Gasteiger partial charge in [0.05, 0.1) is 12.0 Å². The van der Waals surface area contributed by atoms with E-state index in [-0.39, 0.29) is 17.4 Å². The number of rotatable bonds is 7. The van der Waals surface area contributed by atoms with Gasteiger partial charge in [-0.25, -0.2) is 0 Å². The predicted molar refractivity (Wildman–Crippen MR) is 86.9 cm³/mol. The van der Waals surface area contributed by atoms with Crippen LogP contribution in [0.3, 0.4) is 0 Å². The number of nitrogens with zero attached hydrogens (tertiary/aromatic N) is 1. The second kappa shape index (κ2) is 7.15. The molecule has 2 atom stereocenters. The van der Waals surface area contributed by atoms with E-state index in [9.17, 15) is 18.7 Å². The number of carboxylic acid groups (broad SMARTS) is 1. The molecule has 0 amide bonds. The standard InChI is InChI=1S/C18H23F2NO4/c1-2-24-15-8-12(5-6-14(15)25-17(19)20)9-21-10-13-4-3-7-18(13,11-21)16(22)23/h5-6,8,13,17H,2-4,7,9-11H2,1H3,(H,22,23)/t13-,18+/m0/s1. The quantitative estimate of drug-likeness (QED) is 0.813. The fourth-order valence-corrected chi connectivity index (χ4v) is 4.23. The summed E-state index contributed by atoms with van der Waals surface area (Å²) in [5.74, 6) is -0.209. The molecule has 25 heavy (non-hydrogen) atoms. The molecular weight excluding hydrogens is 332 g/mol. The van der Waals surface area contributed by atoms with E-state index in [1.807, 2.05) is 0 Å². The third-order valence-corrected chi connectivity index (χ3v) is 5.30. The topological polar surface area (TPSA) is 59.0 Å². The van der Waals surface area contributed by atoms with Crippen LogP contribution < -0.4 is 9.47 Å². The maximum atomic E-state index is 12.5. The van der Waals surface area contributed by atoms with Gasteiger partial charge in [0.15, 0.2) is 11.5 Å². The molecule has 3 rings (SSSR count). The fourth-order valence-electron chi connectivity index (χ4n) is 4.23. The molecule has 0 radical (unpaired) electrons. The lowest BCUT2D eigenvalue weighted by atomic mass is 9.81. The van der Waals surface area contributed by atoms with Gasteiger partial charge in [0.2, 0.25) is 0 Å². The lowest BCUT2D eigenvalue weighted by molar-refractivity contribution is -0.149. The van der Waals surface area contributed by atoms with Crippen molar-refractivity contribution in [2.45, 2.75) is 39.3 Å². The van der Waals surface area contributed by atoms with Crippen molar-refractivity contribution in [1.82, 2.24) is 4.90 Å². The molecule has 2 aliphatic rings. The van der Waals surface area contributed by atoms with E-state index in [1.54, 1.807) is 19.1 Å². The number of fused-ring (bicyclic) bond motifs is 1. The third-order valence-electron chi connectivity index (χ3n) is 5.30. The molecule has 0 bridgehead atoms. The van der Waals surface area contributed by atoms with E-state index >= 15 is 0 Å². The van der Waals surface area contributed by atoms with Crippen LogP contribution in [-0.2, 0) is 11.3 Å². The highest BCUT2D eigenvalue weighted by Gasteiger charge is 2.54. The highest BCUT2D eigenvalue weighted by atomic mass is 19.3. The Morgan fingerprint density at radius 1 is 1.44 bits per heavy atom. The summed E-state index contributed by atoms with van der Waals surface area (Å²) in [4.78, 5) is 13.9. The molecule has 5 nitrogen and oxygen atoms in total. The van der Waals surface area contributed by atoms with Crippen molar-refractivity contribution in [2.75, 3.05) is 19.7 Å². The summed E-state index contributed by atoms with van der Waals surface area (Å²) in [6, 6.07) is 4.90. The Morgan fingerprint density at radius 3 is 2.88 bits per heavy atom. The average Bonchev–Trinajstić information content (AvgIpc) is 3.07. The zero-order valence-electron chi connectivity index (χ0n) is 14.2. The van der Waals surface area contributed by atoms with Crippen LogP contribution in [0.5, 0.6) is 11.5 Å². The first-order valence-electron chi connectivity index (χ1n) is 8.61. The van der Waals surface area contributed by atoms with Crippen LogP contribution in [0.15, 0.2) is 18.2 Å². The fraction of sp³-hybridized carbons (Fsp3) is 0.611. The number of alkyl halides is 2. The van der Waals surface area contributed by atoms with E-state index in [0.29, 0.717) is 19.7 Å². The maximum Gasteiger partial charge on any atom is 0.387 e. The number of ether oxygens (including phenoxy) is 2. The predicted octanol–water partition coefficient (Wildman–Crippen LogP) is 3.37. The SMILES string of the molecule is CCOc1cc(CN2C[C@@H]3CCC[C@@]3(C(=O)O)C2)ccc1OC(F)F. The van der Waals surface area contributed by atoms with Gasteiger partial charge in [0, 0.05) is 19.6 Å². The summed E-state index contributed by atoms with van der Waals surface area (Å²) in [6.07, 6.45) is 2.65. The van der Waals surface area contributed by atoms with E-state index in [4.69, 9.17) is 4.74 Å². The number of carbonyl (C=O) groups is 1. The molecule has 1 saturated carbocycles. The molecule has 0 aromatic heterocycles. The van der Waals surface area contributed by atoms with Gasteiger partial charge in [-0.3, -0.25) is 9.69 Å². The highest BCUT2D eigenvalue weighted by Crippen LogP contribution is 2.49. The molecule has 0 spiro atoms. The zero-order valence-corrected chi connectivity index (χ0v) is 14.2. The molecule has 2 fully saturated rings. The summed E-state index contributed by atoms with van der Waals surface area (Å²) < 4.78 is 34.8. The van der Waals surface area contributed by atoms with Gasteiger partial charge < -0.3 is 14.6 Å². The van der Waals surface area contributed by atoms with Gasteiger partial charge in [0.25, 0.3) is 0 Å². The first-order chi connectivity index (χ1) is 11.9. The van der Waals surface area contributed by atoms with Crippen LogP contribution in [-0.4, -0.2) is 42.3 Å². The Balaban J connectivity index is 1.73. The van der Waals surface area contributed by atoms with Gasteiger partial charge in [-0.15, -0.1) is 0 Å². The van der Waals surface area contributed by atoms with E-state index in [0.717, 1.165) is 31.4 Å². The Hall–Kier alpha value is -1.89. The lowest BCUT2D eigenvalue weighted by Gasteiger charge is -2.23. The minimum absolute atomic E-state index is 0.0147. The number of likely N-dealkylation sites (tertiary alicyclic amines) is 1. The van der Waals surface area contributed by atoms with Crippen LogP contribution in [0.4, 0.5) is 8.78 Å². The smallest absolute Gasteiger partial charge is 0.387 e. The van der Waals surface area contributed by atoms with E-state index in [2.05, 4.69) is 9.64 Å². The Labute approximate surface area is 145 Å². The Kier molecular flexibility index (Phi) is 5.13. The molecule has 7 heteroatoms. The summed E-state index contributed by atoms with van der Waals surface area (Å²) in [6.45, 7) is 1.07. The Morgan fingerprint density at radius 2 is 2.24 bits per heavy atom. The number of carboxylic acids is 1. The van der Waals surface area contributed by atoms with Crippen molar-refractivity contribution < 1.29 is 28.2 Å². The second-order valence-electron chi connectivity index (χ2n) is 6.81. The number of hydrogen-bond donors (Lipinski definition) is 1. The zero-order chi connectivity index (χ0) is 18.0. The van der Waals surface area contributed by atoms with Crippen molar-refractivity contribution in [2.24, 2.45) is 11.3 Å². The molecule has 138 valence electrons. The van der Waals surface area contributed by atoms with Crippen molar-refractivity contribution in [3.8, 4) is 11.5 Å². The minimum Gasteiger partial charge on any atom is -0.490 e. The van der Waals surface area contributed by atoms with Gasteiger partial charge in [-0.05, 0) is 43.4 Å². The summed E-state index contributed by atoms with van der Waals surface area (Å²) in [5.41, 5.74) is 0.271. The number of hydrogen-bond acceptors (Lipinski definition) is 4. The third kappa shape index (κ3) is 3.56. The summed E-state index contributed by atoms with van der Waals surface area (Å²) in [7, 11) is 0. The second-order valence-corrected chi connectivity index (χ2v) is 6.81. The molecule has 1 saturated heterocycles. The first-order valence-corrected chi connectivity index (χ1v) is 8.61. The summed E-state index contributed by atoms with van der Waals surface area (Å²) in [5, 5.41) is 9.66. The van der Waals surface area contributed by atoms with Gasteiger partial charge in [-0.1, -0.05) is 12.5 Å². The van der Waals surface area contributed by atoms with Crippen LogP contribution in [0.2, 0.25) is 0 Å². The van der Waals surface area contributed by atoms with Crippen molar-refractivity contribution in [1.29, 1.82) is 0 Å². The monoisotopic (exact) mass is 355 g/mol. The maximum absolute atomic E-state index is 12.5. The Bertz CT molecular complexity index is 640. The summed E-state index contributed by atoms with van der Waals surface area (Å²) >= 11 is 0. The van der Waals surface area contributed by atoms with E-state index < -0.39 is 18.0 Å². The van der Waals surface area contributed by atoms with Gasteiger partial charge in [0.1, 0.15) is 0 Å². The van der Waals surface area contributed by atoms with Crippen LogP contribution >= 0.6 is 0 Å². The number of aliphatic carboxylic acids is 1. The van der Waals surface area contributed by atoms with Crippen molar-refractivity contribution >= 4 is 5.97 Å². The van der Waals surface area contributed by atoms with Crippen LogP contribution in [0.1, 0.15) is 31.7 Å². The number of halogens is 2. The van der Waals surface area contributed by atoms with Crippen molar-refractivity contribution in [3.63, 3.8) is 0 Å².